The van der Waals surface area contributed by atoms with Crippen LogP contribution in [-0.2, 0) is 33.8 Å². The third-order valence-electron chi connectivity index (χ3n) is 10.4. The van der Waals surface area contributed by atoms with Crippen molar-refractivity contribution < 1.29 is 45.1 Å². The van der Waals surface area contributed by atoms with Gasteiger partial charge in [-0.3, -0.25) is 14.4 Å². The summed E-state index contributed by atoms with van der Waals surface area (Å²) in [5.74, 6) is -2.45. The average Bonchev–Trinajstić information content (AvgIpc) is 3.39. The highest BCUT2D eigenvalue weighted by Crippen LogP contribution is 2.34. The van der Waals surface area contributed by atoms with E-state index in [0.29, 0.717) is 12.3 Å². The molecule has 5 N–H and O–H groups in total. The van der Waals surface area contributed by atoms with Gasteiger partial charge in [-0.25, -0.2) is 30.5 Å². The monoisotopic (exact) mass is 816 g/mol. The maximum absolute atomic E-state index is 14.4. The number of likely N-dealkylation sites (N-methyl/N-ethyl adjacent to an activating group) is 1. The number of carbonyl (C=O) groups excluding carboxylic acids is 4. The number of hydrogen-bond donors (Lipinski definition) is 5. The van der Waals surface area contributed by atoms with Crippen LogP contribution in [0.15, 0.2) is 0 Å². The zero-order valence-electron chi connectivity index (χ0n) is 35.0. The van der Waals surface area contributed by atoms with Gasteiger partial charge in [-0.1, -0.05) is 61.8 Å². The number of halogens is 2. The Morgan fingerprint density at radius 1 is 0.963 bits per heavy atom. The van der Waals surface area contributed by atoms with E-state index in [1.165, 1.54) is 18.2 Å². The summed E-state index contributed by atoms with van der Waals surface area (Å²) in [6.07, 6.45) is -0.0489. The third kappa shape index (κ3) is 14.9. The molecule has 0 bridgehead atoms. The molecule has 0 aromatic carbocycles. The molecule has 0 aromatic heterocycles. The lowest BCUT2D eigenvalue weighted by molar-refractivity contribution is -0.142. The van der Waals surface area contributed by atoms with E-state index in [9.17, 15) is 45.1 Å². The fourth-order valence-corrected chi connectivity index (χ4v) is 7.40. The minimum absolute atomic E-state index is 0.0300. The molecule has 0 radical (unpaired) electrons. The van der Waals surface area contributed by atoms with Crippen LogP contribution in [0, 0.1) is 22.7 Å². The van der Waals surface area contributed by atoms with Crippen molar-refractivity contribution in [2.75, 3.05) is 44.9 Å². The van der Waals surface area contributed by atoms with Gasteiger partial charge < -0.3 is 30.7 Å². The summed E-state index contributed by atoms with van der Waals surface area (Å²) in [6.45, 7) is 19.4. The summed E-state index contributed by atoms with van der Waals surface area (Å²) in [5, 5.41) is 10.4. The van der Waals surface area contributed by atoms with Gasteiger partial charge in [0.2, 0.25) is 34.2 Å². The Morgan fingerprint density at radius 3 is 1.96 bits per heavy atom. The van der Waals surface area contributed by atoms with Crippen molar-refractivity contribution in [1.29, 1.82) is 0 Å². The molecule has 318 valence electrons. The SMILES string of the molecule is CC(C)CCC1C[C@@H](C(=O)N[C@@H](CC(F)F)C(=O)NCCS(C)(=O)(O)C(C)(C)C)N(C(=O)[C@@H](NC(=O)N[C@H](CN(C)S(C)(=O)=O)C(C)(C)C)C(C)(C)C)C1. The van der Waals surface area contributed by atoms with Crippen LogP contribution in [0.5, 0.6) is 0 Å². The molecule has 0 aliphatic carbocycles. The van der Waals surface area contributed by atoms with Crippen molar-refractivity contribution in [3.63, 3.8) is 0 Å². The van der Waals surface area contributed by atoms with Crippen molar-refractivity contribution in [2.45, 2.75) is 137 Å². The van der Waals surface area contributed by atoms with Crippen LogP contribution >= 0.6 is 0 Å². The number of sulfonamides is 1. The zero-order chi connectivity index (χ0) is 42.4. The summed E-state index contributed by atoms with van der Waals surface area (Å²) in [4.78, 5) is 56.4. The molecular weight excluding hydrogens is 747 g/mol. The Hall–Kier alpha value is -2.44. The first kappa shape index (κ1) is 49.6. The standard InChI is InChI=1S/C36H70F2N6O8S2/c1-23(2)15-16-24-19-26(31(46)40-25(20-28(37)38)30(45)39-17-18-54(14,51,52)36(9,10)11)44(21-24)32(47)29(35(6,7)8)42-33(48)41-27(34(3,4)5)22-43(12)53(13,49)50/h23-29H,15-22H2,1-14H3,(H,39,45)(H,40,46)(H,51,52)(H2,41,42,48)/t24?,25-,26-,27+,29+/m0/s1. The summed E-state index contributed by atoms with van der Waals surface area (Å²) in [5.41, 5.74) is -1.46. The van der Waals surface area contributed by atoms with Crippen molar-refractivity contribution in [2.24, 2.45) is 22.7 Å². The summed E-state index contributed by atoms with van der Waals surface area (Å²) >= 11 is 0. The van der Waals surface area contributed by atoms with E-state index >= 15 is 0 Å². The summed E-state index contributed by atoms with van der Waals surface area (Å²) in [6, 6.07) is -5.37. The highest BCUT2D eigenvalue weighted by molar-refractivity contribution is 8.15. The Balaban J connectivity index is 3.40. The molecule has 0 saturated carbocycles. The van der Waals surface area contributed by atoms with Crippen LogP contribution < -0.4 is 21.3 Å². The number of rotatable bonds is 17. The summed E-state index contributed by atoms with van der Waals surface area (Å²) < 4.78 is 75.9. The van der Waals surface area contributed by atoms with Crippen molar-refractivity contribution in [1.82, 2.24) is 30.5 Å². The number of carbonyl (C=O) groups is 4. The predicted molar refractivity (Wildman–Crippen MR) is 210 cm³/mol. The first-order valence-electron chi connectivity index (χ1n) is 18.6. The second kappa shape index (κ2) is 18.2. The first-order chi connectivity index (χ1) is 24.1. The van der Waals surface area contributed by atoms with Gasteiger partial charge in [0, 0.05) is 50.1 Å². The van der Waals surface area contributed by atoms with Crippen LogP contribution in [0.3, 0.4) is 0 Å². The van der Waals surface area contributed by atoms with E-state index in [-0.39, 0.29) is 37.7 Å². The molecule has 0 aromatic rings. The van der Waals surface area contributed by atoms with Gasteiger partial charge in [0.05, 0.1) is 12.0 Å². The highest BCUT2D eigenvalue weighted by Gasteiger charge is 2.46. The lowest BCUT2D eigenvalue weighted by Crippen LogP contribution is -2.62. The van der Waals surface area contributed by atoms with Crippen LogP contribution in [0.25, 0.3) is 0 Å². The molecule has 1 fully saturated rings. The first-order valence-corrected chi connectivity index (χ1v) is 22.9. The molecule has 1 rings (SSSR count). The van der Waals surface area contributed by atoms with E-state index in [2.05, 4.69) is 21.3 Å². The number of nitrogens with zero attached hydrogens (tertiary/aromatic N) is 2. The molecular formula is C36H70F2N6O8S2. The molecule has 1 heterocycles. The second-order valence-electron chi connectivity index (χ2n) is 18.7. The van der Waals surface area contributed by atoms with Gasteiger partial charge in [0.1, 0.15) is 18.1 Å². The van der Waals surface area contributed by atoms with E-state index in [4.69, 9.17) is 0 Å². The molecule has 14 nitrogen and oxygen atoms in total. The molecule has 18 heteroatoms. The minimum Gasteiger partial charge on any atom is -0.353 e. The maximum Gasteiger partial charge on any atom is 0.315 e. The molecule has 54 heavy (non-hydrogen) atoms. The lowest BCUT2D eigenvalue weighted by atomic mass is 9.85. The zero-order valence-corrected chi connectivity index (χ0v) is 36.6. The number of urea groups is 1. The number of likely N-dealkylation sites (tertiary alicyclic amines) is 1. The van der Waals surface area contributed by atoms with Gasteiger partial charge >= 0.3 is 6.03 Å². The topological polar surface area (TPSA) is 194 Å². The molecule has 1 aliphatic rings. The quantitative estimate of drug-likeness (QED) is 0.147. The van der Waals surface area contributed by atoms with Crippen molar-refractivity contribution in [3.05, 3.63) is 0 Å². The average molecular weight is 817 g/mol. The van der Waals surface area contributed by atoms with Crippen molar-refractivity contribution in [3.8, 4) is 0 Å². The normalized spacial score (nSPS) is 19.9. The van der Waals surface area contributed by atoms with Gasteiger partial charge in [0.15, 0.2) is 0 Å². The van der Waals surface area contributed by atoms with E-state index in [0.717, 1.165) is 17.0 Å². The number of hydrogen-bond acceptors (Lipinski definition) is 7. The van der Waals surface area contributed by atoms with Crippen LogP contribution in [0.2, 0.25) is 0 Å². The largest absolute Gasteiger partial charge is 0.353 e. The highest BCUT2D eigenvalue weighted by atomic mass is 32.3. The molecule has 1 aliphatic heterocycles. The van der Waals surface area contributed by atoms with E-state index in [1.54, 1.807) is 41.5 Å². The predicted octanol–water partition coefficient (Wildman–Crippen LogP) is 3.64. The molecule has 5 atom stereocenters. The van der Waals surface area contributed by atoms with Crippen LogP contribution in [-0.4, -0.2) is 130 Å². The van der Waals surface area contributed by atoms with Gasteiger partial charge in [0.25, 0.3) is 0 Å². The minimum atomic E-state index is -4.22. The fraction of sp³-hybridized carbons (Fsp3) is 0.889. The Kier molecular flexibility index (Phi) is 16.7. The molecule has 1 saturated heterocycles. The second-order valence-corrected chi connectivity index (χ2v) is 25.4. The van der Waals surface area contributed by atoms with E-state index in [1.807, 2.05) is 34.6 Å². The molecule has 0 spiro atoms. The van der Waals surface area contributed by atoms with Gasteiger partial charge in [-0.15, -0.1) is 0 Å². The van der Waals surface area contributed by atoms with Crippen molar-refractivity contribution >= 4 is 43.1 Å². The Bertz CT molecular complexity index is 1500. The Labute approximate surface area is 322 Å². The number of alkyl halides is 2. The molecule has 1 unspecified atom stereocenters. The third-order valence-corrected chi connectivity index (χ3v) is 16.0. The molecule has 5 amide bonds. The summed E-state index contributed by atoms with van der Waals surface area (Å²) in [7, 11) is -6.38. The van der Waals surface area contributed by atoms with Gasteiger partial charge in [-0.05, 0) is 56.3 Å². The fourth-order valence-electron chi connectivity index (χ4n) is 5.79. The lowest BCUT2D eigenvalue weighted by Gasteiger charge is -2.50. The van der Waals surface area contributed by atoms with Gasteiger partial charge in [-0.2, -0.15) is 9.35 Å². The number of nitrogens with one attached hydrogen (secondary N) is 4. The van der Waals surface area contributed by atoms with E-state index < -0.39 is 95.7 Å². The Morgan fingerprint density at radius 2 is 1.52 bits per heavy atom. The van der Waals surface area contributed by atoms with Crippen LogP contribution in [0.1, 0.15) is 102 Å². The maximum atomic E-state index is 14.4. The number of amides is 5. The smallest absolute Gasteiger partial charge is 0.315 e. The van der Waals surface area contributed by atoms with Crippen LogP contribution in [0.4, 0.5) is 13.6 Å².